The molecule has 0 bridgehead atoms. The Balaban J connectivity index is 1.82. The van der Waals surface area contributed by atoms with Crippen LogP contribution < -0.4 is 5.32 Å². The van der Waals surface area contributed by atoms with Gasteiger partial charge in [-0.3, -0.25) is 0 Å². The molecule has 2 rings (SSSR count). The minimum atomic E-state index is 0.590. The van der Waals surface area contributed by atoms with Crippen molar-refractivity contribution < 1.29 is 0 Å². The van der Waals surface area contributed by atoms with Crippen LogP contribution in [0.15, 0.2) is 18.5 Å². The van der Waals surface area contributed by atoms with Crippen LogP contribution in [0.3, 0.4) is 0 Å². The fourth-order valence-corrected chi connectivity index (χ4v) is 2.61. The molecule has 96 valence electrons. The van der Waals surface area contributed by atoms with Gasteiger partial charge in [0.05, 0.1) is 0 Å². The van der Waals surface area contributed by atoms with Crippen molar-refractivity contribution in [3.8, 4) is 0 Å². The van der Waals surface area contributed by atoms with Gasteiger partial charge in [0.2, 0.25) is 0 Å². The Morgan fingerprint density at radius 1 is 1.35 bits per heavy atom. The van der Waals surface area contributed by atoms with Crippen LogP contribution in [0.1, 0.15) is 57.1 Å². The summed E-state index contributed by atoms with van der Waals surface area (Å²) >= 11 is 0. The van der Waals surface area contributed by atoms with Crippen LogP contribution in [-0.2, 0) is 6.54 Å². The minimum Gasteiger partial charge on any atom is -0.354 e. The van der Waals surface area contributed by atoms with Gasteiger partial charge in [-0.2, -0.15) is 0 Å². The summed E-state index contributed by atoms with van der Waals surface area (Å²) < 4.78 is 2.36. The fourth-order valence-electron chi connectivity index (χ4n) is 2.61. The van der Waals surface area contributed by atoms with Gasteiger partial charge in [-0.25, -0.2) is 0 Å². The first-order chi connectivity index (χ1) is 8.35. The zero-order chi connectivity index (χ0) is 12.1. The van der Waals surface area contributed by atoms with E-state index in [9.17, 15) is 0 Å². The smallest absolute Gasteiger partial charge is 0.0361 e. The molecule has 0 spiro atoms. The summed E-state index contributed by atoms with van der Waals surface area (Å²) in [5.41, 5.74) is 1.48. The lowest BCUT2D eigenvalue weighted by molar-refractivity contribution is 0.525. The average molecular weight is 234 g/mol. The summed E-state index contributed by atoms with van der Waals surface area (Å²) in [5, 5.41) is 3.46. The van der Waals surface area contributed by atoms with Gasteiger partial charge in [0.25, 0.3) is 0 Å². The Hall–Kier alpha value is -0.760. The van der Waals surface area contributed by atoms with E-state index in [0.29, 0.717) is 6.04 Å². The van der Waals surface area contributed by atoms with Gasteiger partial charge in [-0.1, -0.05) is 26.2 Å². The Morgan fingerprint density at radius 2 is 2.18 bits per heavy atom. The van der Waals surface area contributed by atoms with Gasteiger partial charge in [0.1, 0.15) is 0 Å². The maximum absolute atomic E-state index is 3.46. The Kier molecular flexibility index (Phi) is 4.66. The lowest BCUT2D eigenvalue weighted by atomic mass is 10.1. The highest BCUT2D eigenvalue weighted by Gasteiger charge is 2.31. The molecule has 1 N–H and O–H groups in total. The predicted octanol–water partition coefficient (Wildman–Crippen LogP) is 3.74. The monoisotopic (exact) mass is 234 g/mol. The number of hydrogen-bond donors (Lipinski definition) is 1. The number of nitrogens with one attached hydrogen (secondary N) is 1. The first-order valence-electron chi connectivity index (χ1n) is 7.18. The number of aryl methyl sites for hydroxylation is 1. The molecular weight excluding hydrogens is 208 g/mol. The molecular formula is C15H26N2. The van der Waals surface area contributed by atoms with Crippen LogP contribution in [0.2, 0.25) is 0 Å². The molecule has 1 aliphatic rings. The second kappa shape index (κ2) is 6.25. The van der Waals surface area contributed by atoms with Crippen molar-refractivity contribution in [3.63, 3.8) is 0 Å². The van der Waals surface area contributed by atoms with Crippen LogP contribution >= 0.6 is 0 Å². The van der Waals surface area contributed by atoms with Gasteiger partial charge in [0.15, 0.2) is 0 Å². The largest absolute Gasteiger partial charge is 0.354 e. The third-order valence-electron chi connectivity index (χ3n) is 3.81. The number of rotatable bonds is 8. The first-order valence-corrected chi connectivity index (χ1v) is 7.18. The lowest BCUT2D eigenvalue weighted by Gasteiger charge is -2.13. The molecule has 1 heterocycles. The maximum Gasteiger partial charge on any atom is 0.0361 e. The van der Waals surface area contributed by atoms with Gasteiger partial charge in [-0.15, -0.1) is 0 Å². The number of unbranched alkanes of at least 4 members (excludes halogenated alkanes) is 3. The van der Waals surface area contributed by atoms with E-state index < -0.39 is 0 Å². The topological polar surface area (TPSA) is 17.0 Å². The van der Waals surface area contributed by atoms with Gasteiger partial charge in [0, 0.05) is 25.0 Å². The summed E-state index contributed by atoms with van der Waals surface area (Å²) in [5.74, 6) is 0.885. The second-order valence-corrected chi connectivity index (χ2v) is 5.35. The van der Waals surface area contributed by atoms with Crippen molar-refractivity contribution in [2.45, 2.75) is 58.0 Å². The van der Waals surface area contributed by atoms with Crippen molar-refractivity contribution in [1.82, 2.24) is 9.88 Å². The molecule has 1 atom stereocenters. The highest BCUT2D eigenvalue weighted by atomic mass is 15.0. The standard InChI is InChI=1S/C15H26N2/c1-3-4-5-6-10-17-11-9-14(12-17)15(16-2)13-7-8-13/h9,11-13,15-16H,3-8,10H2,1-2H3. The summed E-state index contributed by atoms with van der Waals surface area (Å²) in [6.45, 7) is 3.45. The van der Waals surface area contributed by atoms with E-state index in [4.69, 9.17) is 0 Å². The Morgan fingerprint density at radius 3 is 2.82 bits per heavy atom. The Bertz CT molecular complexity index is 325. The van der Waals surface area contributed by atoms with E-state index in [1.807, 2.05) is 0 Å². The lowest BCUT2D eigenvalue weighted by Crippen LogP contribution is -2.17. The molecule has 0 aromatic carbocycles. The quantitative estimate of drug-likeness (QED) is 0.678. The van der Waals surface area contributed by atoms with E-state index in [-0.39, 0.29) is 0 Å². The minimum absolute atomic E-state index is 0.590. The predicted molar refractivity (Wildman–Crippen MR) is 73.1 cm³/mol. The van der Waals surface area contributed by atoms with E-state index >= 15 is 0 Å². The van der Waals surface area contributed by atoms with Crippen molar-refractivity contribution in [1.29, 1.82) is 0 Å². The maximum atomic E-state index is 3.46. The average Bonchev–Trinajstić information content (AvgIpc) is 3.06. The van der Waals surface area contributed by atoms with Crippen LogP contribution in [0.4, 0.5) is 0 Å². The third-order valence-corrected chi connectivity index (χ3v) is 3.81. The third kappa shape index (κ3) is 3.60. The zero-order valence-corrected chi connectivity index (χ0v) is 11.3. The fraction of sp³-hybridized carbons (Fsp3) is 0.733. The molecule has 0 aliphatic heterocycles. The van der Waals surface area contributed by atoms with Gasteiger partial charge >= 0.3 is 0 Å². The van der Waals surface area contributed by atoms with Crippen LogP contribution in [-0.4, -0.2) is 11.6 Å². The molecule has 2 nitrogen and oxygen atoms in total. The van der Waals surface area contributed by atoms with Crippen molar-refractivity contribution in [2.24, 2.45) is 5.92 Å². The SMILES string of the molecule is CCCCCCn1ccc(C(NC)C2CC2)c1. The molecule has 1 saturated carbocycles. The molecule has 1 unspecified atom stereocenters. The van der Waals surface area contributed by atoms with Crippen LogP contribution in [0.5, 0.6) is 0 Å². The summed E-state index contributed by atoms with van der Waals surface area (Å²) in [4.78, 5) is 0. The van der Waals surface area contributed by atoms with Crippen molar-refractivity contribution in [3.05, 3.63) is 24.0 Å². The van der Waals surface area contributed by atoms with E-state index in [0.717, 1.165) is 5.92 Å². The highest BCUT2D eigenvalue weighted by Crippen LogP contribution is 2.40. The van der Waals surface area contributed by atoms with Crippen LogP contribution in [0.25, 0.3) is 0 Å². The van der Waals surface area contributed by atoms with Gasteiger partial charge < -0.3 is 9.88 Å². The van der Waals surface area contributed by atoms with E-state index in [1.54, 1.807) is 0 Å². The van der Waals surface area contributed by atoms with Crippen molar-refractivity contribution >= 4 is 0 Å². The van der Waals surface area contributed by atoms with Gasteiger partial charge in [-0.05, 0) is 43.9 Å². The second-order valence-electron chi connectivity index (χ2n) is 5.35. The number of nitrogens with zero attached hydrogens (tertiary/aromatic N) is 1. The zero-order valence-electron chi connectivity index (χ0n) is 11.3. The Labute approximate surface area is 105 Å². The van der Waals surface area contributed by atoms with Crippen LogP contribution in [0, 0.1) is 5.92 Å². The number of hydrogen-bond acceptors (Lipinski definition) is 1. The van der Waals surface area contributed by atoms with E-state index in [2.05, 4.69) is 42.3 Å². The molecule has 1 aromatic heterocycles. The number of aromatic nitrogens is 1. The molecule has 1 fully saturated rings. The molecule has 0 amide bonds. The molecule has 0 saturated heterocycles. The molecule has 1 aliphatic carbocycles. The summed E-state index contributed by atoms with van der Waals surface area (Å²) in [6.07, 6.45) is 12.7. The molecule has 1 aromatic rings. The van der Waals surface area contributed by atoms with E-state index in [1.165, 1.54) is 50.6 Å². The molecule has 2 heteroatoms. The van der Waals surface area contributed by atoms with Crippen molar-refractivity contribution in [2.75, 3.05) is 7.05 Å². The first kappa shape index (κ1) is 12.7. The molecule has 17 heavy (non-hydrogen) atoms. The molecule has 0 radical (unpaired) electrons. The normalized spacial score (nSPS) is 17.3. The summed E-state index contributed by atoms with van der Waals surface area (Å²) in [6, 6.07) is 2.88. The summed E-state index contributed by atoms with van der Waals surface area (Å²) in [7, 11) is 2.08. The highest BCUT2D eigenvalue weighted by molar-refractivity contribution is 5.18.